The highest BCUT2D eigenvalue weighted by Crippen LogP contribution is 2.27. The maximum absolute atomic E-state index is 12.8. The number of nitrogens with zero attached hydrogens (tertiary/aromatic N) is 3. The first-order chi connectivity index (χ1) is 12.4. The lowest BCUT2D eigenvalue weighted by Gasteiger charge is -2.35. The predicted molar refractivity (Wildman–Crippen MR) is 107 cm³/mol. The van der Waals surface area contributed by atoms with Crippen LogP contribution in [0, 0.1) is 13.8 Å². The second-order valence-electron chi connectivity index (χ2n) is 6.58. The van der Waals surface area contributed by atoms with Gasteiger partial charge >= 0.3 is 0 Å². The van der Waals surface area contributed by atoms with Crippen LogP contribution < -0.4 is 4.90 Å². The molecule has 0 bridgehead atoms. The Labute approximate surface area is 157 Å². The van der Waals surface area contributed by atoms with E-state index in [9.17, 15) is 8.42 Å². The molecule has 5 nitrogen and oxygen atoms in total. The highest BCUT2D eigenvalue weighted by Gasteiger charge is 2.30. The zero-order valence-electron chi connectivity index (χ0n) is 14.8. The summed E-state index contributed by atoms with van der Waals surface area (Å²) in [6.07, 6.45) is 0. The van der Waals surface area contributed by atoms with Gasteiger partial charge in [0.15, 0.2) is 0 Å². The molecule has 26 heavy (non-hydrogen) atoms. The van der Waals surface area contributed by atoms with Gasteiger partial charge in [0.05, 0.1) is 5.52 Å². The number of benzene rings is 1. The van der Waals surface area contributed by atoms with E-state index >= 15 is 0 Å². The highest BCUT2D eigenvalue weighted by molar-refractivity contribution is 7.91. The molecule has 3 heterocycles. The minimum Gasteiger partial charge on any atom is -0.354 e. The van der Waals surface area contributed by atoms with Gasteiger partial charge < -0.3 is 4.90 Å². The third kappa shape index (κ3) is 3.11. The average Bonchev–Trinajstić information content (AvgIpc) is 3.08. The molecular formula is C19H21N3O2S2. The van der Waals surface area contributed by atoms with Gasteiger partial charge in [-0.05, 0) is 43.7 Å². The third-order valence-electron chi connectivity index (χ3n) is 4.74. The Balaban J connectivity index is 1.54. The van der Waals surface area contributed by atoms with Gasteiger partial charge in [0.25, 0.3) is 10.0 Å². The maximum Gasteiger partial charge on any atom is 0.252 e. The second kappa shape index (κ2) is 6.64. The molecule has 0 saturated carbocycles. The van der Waals surface area contributed by atoms with Gasteiger partial charge in [-0.15, -0.1) is 11.3 Å². The number of pyridine rings is 1. The molecule has 0 N–H and O–H groups in total. The van der Waals surface area contributed by atoms with Crippen LogP contribution in [-0.4, -0.2) is 43.9 Å². The van der Waals surface area contributed by atoms with Crippen molar-refractivity contribution in [1.82, 2.24) is 9.29 Å². The van der Waals surface area contributed by atoms with Crippen LogP contribution in [0.15, 0.2) is 46.7 Å². The standard InChI is InChI=1S/C19H21N3O2S2/c1-14-13-16-5-3-4-6-17(16)20-19(14)21-9-11-22(12-10-21)26(23,24)18-8-7-15(2)25-18/h3-8,13H,9-12H2,1-2H3. The fourth-order valence-electron chi connectivity index (χ4n) is 3.35. The van der Waals surface area contributed by atoms with Gasteiger partial charge in [0, 0.05) is 36.4 Å². The predicted octanol–water partition coefficient (Wildman–Crippen LogP) is 3.42. The fraction of sp³-hybridized carbons (Fsp3) is 0.316. The molecule has 0 aliphatic carbocycles. The lowest BCUT2D eigenvalue weighted by Crippen LogP contribution is -2.49. The second-order valence-corrected chi connectivity index (χ2v) is 10.0. The maximum atomic E-state index is 12.8. The number of para-hydroxylation sites is 1. The molecule has 7 heteroatoms. The monoisotopic (exact) mass is 387 g/mol. The van der Waals surface area contributed by atoms with Crippen LogP contribution in [-0.2, 0) is 10.0 Å². The van der Waals surface area contributed by atoms with Crippen LogP contribution in [0.4, 0.5) is 5.82 Å². The summed E-state index contributed by atoms with van der Waals surface area (Å²) < 4.78 is 27.6. The van der Waals surface area contributed by atoms with E-state index in [4.69, 9.17) is 4.98 Å². The van der Waals surface area contributed by atoms with Crippen LogP contribution in [0.1, 0.15) is 10.4 Å². The van der Waals surface area contributed by atoms with E-state index in [0.29, 0.717) is 30.4 Å². The number of aromatic nitrogens is 1. The number of hydrogen-bond acceptors (Lipinski definition) is 5. The molecule has 1 aromatic carbocycles. The zero-order valence-corrected chi connectivity index (χ0v) is 16.5. The summed E-state index contributed by atoms with van der Waals surface area (Å²) in [4.78, 5) is 8.01. The summed E-state index contributed by atoms with van der Waals surface area (Å²) in [5, 5.41) is 1.13. The van der Waals surface area contributed by atoms with E-state index < -0.39 is 10.0 Å². The van der Waals surface area contributed by atoms with Crippen molar-refractivity contribution in [2.24, 2.45) is 0 Å². The molecule has 0 radical (unpaired) electrons. The minimum absolute atomic E-state index is 0.434. The molecule has 1 fully saturated rings. The zero-order chi connectivity index (χ0) is 18.3. The van der Waals surface area contributed by atoms with Crippen molar-refractivity contribution in [2.75, 3.05) is 31.1 Å². The molecule has 3 aromatic rings. The van der Waals surface area contributed by atoms with Crippen LogP contribution in [0.5, 0.6) is 0 Å². The molecular weight excluding hydrogens is 366 g/mol. The number of sulfonamides is 1. The quantitative estimate of drug-likeness (QED) is 0.691. The summed E-state index contributed by atoms with van der Waals surface area (Å²) in [7, 11) is -3.39. The van der Waals surface area contributed by atoms with Crippen molar-refractivity contribution >= 4 is 38.1 Å². The summed E-state index contributed by atoms with van der Waals surface area (Å²) in [5.74, 6) is 0.952. The first-order valence-corrected chi connectivity index (χ1v) is 10.9. The van der Waals surface area contributed by atoms with Crippen molar-refractivity contribution in [3.05, 3.63) is 52.9 Å². The molecule has 1 aliphatic rings. The number of aryl methyl sites for hydroxylation is 2. The van der Waals surface area contributed by atoms with Crippen molar-refractivity contribution in [2.45, 2.75) is 18.1 Å². The minimum atomic E-state index is -3.39. The molecule has 1 aliphatic heterocycles. The Morgan fingerprint density at radius 3 is 2.42 bits per heavy atom. The number of fused-ring (bicyclic) bond motifs is 1. The normalized spacial score (nSPS) is 16.3. The van der Waals surface area contributed by atoms with Crippen molar-refractivity contribution in [1.29, 1.82) is 0 Å². The summed E-state index contributed by atoms with van der Waals surface area (Å²) >= 11 is 1.33. The molecule has 0 spiro atoms. The smallest absolute Gasteiger partial charge is 0.252 e. The Bertz CT molecular complexity index is 1050. The van der Waals surface area contributed by atoms with Crippen LogP contribution in [0.3, 0.4) is 0 Å². The highest BCUT2D eigenvalue weighted by atomic mass is 32.2. The van der Waals surface area contributed by atoms with Gasteiger partial charge in [-0.25, -0.2) is 13.4 Å². The number of rotatable bonds is 3. The van der Waals surface area contributed by atoms with Crippen LogP contribution in [0.2, 0.25) is 0 Å². The van der Waals surface area contributed by atoms with Gasteiger partial charge in [0.2, 0.25) is 0 Å². The molecule has 4 rings (SSSR count). The number of hydrogen-bond donors (Lipinski definition) is 0. The number of anilines is 1. The topological polar surface area (TPSA) is 53.5 Å². The molecule has 0 unspecified atom stereocenters. The van der Waals surface area contributed by atoms with E-state index in [-0.39, 0.29) is 0 Å². The van der Waals surface area contributed by atoms with Crippen molar-refractivity contribution in [3.8, 4) is 0 Å². The molecule has 136 valence electrons. The molecule has 0 atom stereocenters. The van der Waals surface area contributed by atoms with Gasteiger partial charge in [-0.3, -0.25) is 0 Å². The van der Waals surface area contributed by atoms with Gasteiger partial charge in [-0.1, -0.05) is 18.2 Å². The Hall–Kier alpha value is -1.96. The lowest BCUT2D eigenvalue weighted by atomic mass is 10.1. The van der Waals surface area contributed by atoms with E-state index in [1.807, 2.05) is 31.2 Å². The van der Waals surface area contributed by atoms with E-state index in [0.717, 1.165) is 27.2 Å². The van der Waals surface area contributed by atoms with Gasteiger partial charge in [-0.2, -0.15) is 4.31 Å². The number of thiophene rings is 1. The first kappa shape index (κ1) is 17.5. The van der Waals surface area contributed by atoms with Gasteiger partial charge in [0.1, 0.15) is 10.0 Å². The van der Waals surface area contributed by atoms with Crippen LogP contribution >= 0.6 is 11.3 Å². The first-order valence-electron chi connectivity index (χ1n) is 8.63. The fourth-order valence-corrected chi connectivity index (χ4v) is 6.21. The Morgan fingerprint density at radius 1 is 1.00 bits per heavy atom. The SMILES string of the molecule is Cc1ccc(S(=O)(=O)N2CCN(c3nc4ccccc4cc3C)CC2)s1. The van der Waals surface area contributed by atoms with E-state index in [1.165, 1.54) is 11.3 Å². The van der Waals surface area contributed by atoms with E-state index in [1.54, 1.807) is 10.4 Å². The van der Waals surface area contributed by atoms with E-state index in [2.05, 4.69) is 24.0 Å². The average molecular weight is 388 g/mol. The molecule has 0 amide bonds. The van der Waals surface area contributed by atoms with Crippen molar-refractivity contribution < 1.29 is 8.42 Å². The Kier molecular flexibility index (Phi) is 4.46. The summed E-state index contributed by atoms with van der Waals surface area (Å²) in [6.45, 7) is 6.24. The lowest BCUT2D eigenvalue weighted by molar-refractivity contribution is 0.384. The summed E-state index contributed by atoms with van der Waals surface area (Å²) in [5.41, 5.74) is 2.09. The third-order valence-corrected chi connectivity index (χ3v) is 8.10. The van der Waals surface area contributed by atoms with Crippen molar-refractivity contribution in [3.63, 3.8) is 0 Å². The molecule has 2 aromatic heterocycles. The summed E-state index contributed by atoms with van der Waals surface area (Å²) in [6, 6.07) is 13.8. The van der Waals surface area contributed by atoms with Crippen LogP contribution in [0.25, 0.3) is 10.9 Å². The Morgan fingerprint density at radius 2 is 1.73 bits per heavy atom. The molecule has 1 saturated heterocycles. The largest absolute Gasteiger partial charge is 0.354 e. The number of piperazine rings is 1.